The van der Waals surface area contributed by atoms with E-state index in [0.29, 0.717) is 5.56 Å². The number of nitro benzene ring substituents is 1. The molecular weight excluding hydrogens is 256 g/mol. The molecule has 0 N–H and O–H groups in total. The number of hydrogen-bond donors (Lipinski definition) is 0. The highest BCUT2D eigenvalue weighted by Crippen LogP contribution is 2.27. The van der Waals surface area contributed by atoms with Crippen LogP contribution in [0.3, 0.4) is 0 Å². The highest BCUT2D eigenvalue weighted by Gasteiger charge is 2.26. The molecular formula is C12H13ClN2O3. The van der Waals surface area contributed by atoms with Gasteiger partial charge in [0, 0.05) is 24.2 Å². The van der Waals surface area contributed by atoms with E-state index in [1.807, 2.05) is 6.92 Å². The Morgan fingerprint density at radius 2 is 2.28 bits per heavy atom. The number of amides is 1. The number of likely N-dealkylation sites (tertiary alicyclic amines) is 1. The highest BCUT2D eigenvalue weighted by atomic mass is 35.5. The molecule has 0 aliphatic carbocycles. The minimum absolute atomic E-state index is 0.00213. The van der Waals surface area contributed by atoms with Crippen molar-refractivity contribution in [3.63, 3.8) is 0 Å². The van der Waals surface area contributed by atoms with E-state index in [0.717, 1.165) is 19.4 Å². The average molecular weight is 269 g/mol. The lowest BCUT2D eigenvalue weighted by Gasteiger charge is -2.21. The second-order valence-corrected chi connectivity index (χ2v) is 4.82. The summed E-state index contributed by atoms with van der Waals surface area (Å²) in [5.41, 5.74) is 0.224. The van der Waals surface area contributed by atoms with Crippen molar-refractivity contribution in [2.24, 2.45) is 0 Å². The minimum atomic E-state index is -0.560. The van der Waals surface area contributed by atoms with Gasteiger partial charge in [-0.2, -0.15) is 0 Å². The standard InChI is InChI=1S/C12H13ClN2O3/c1-8-3-2-6-14(8)12(16)9-4-5-11(15(17)18)10(13)7-9/h4-5,7-8H,2-3,6H2,1H3. The Balaban J connectivity index is 2.26. The SMILES string of the molecule is CC1CCCN1C(=O)c1ccc([N+](=O)[O-])c(Cl)c1. The number of carbonyl (C=O) groups is 1. The number of carbonyl (C=O) groups excluding carboxylic acids is 1. The summed E-state index contributed by atoms with van der Waals surface area (Å²) in [6, 6.07) is 4.31. The first kappa shape index (κ1) is 12.8. The molecule has 1 atom stereocenters. The van der Waals surface area contributed by atoms with Crippen LogP contribution in [-0.2, 0) is 0 Å². The van der Waals surface area contributed by atoms with E-state index in [-0.39, 0.29) is 22.7 Å². The van der Waals surface area contributed by atoms with Crippen molar-refractivity contribution in [3.05, 3.63) is 38.9 Å². The van der Waals surface area contributed by atoms with Crippen LogP contribution < -0.4 is 0 Å². The van der Waals surface area contributed by atoms with Crippen molar-refractivity contribution in [2.45, 2.75) is 25.8 Å². The minimum Gasteiger partial charge on any atom is -0.336 e. The Morgan fingerprint density at radius 1 is 1.56 bits per heavy atom. The molecule has 0 radical (unpaired) electrons. The van der Waals surface area contributed by atoms with Crippen LogP contribution in [0.2, 0.25) is 5.02 Å². The third-order valence-electron chi connectivity index (χ3n) is 3.21. The molecule has 1 aromatic carbocycles. The smallest absolute Gasteiger partial charge is 0.287 e. The fourth-order valence-corrected chi connectivity index (χ4v) is 2.44. The van der Waals surface area contributed by atoms with Gasteiger partial charge in [0.25, 0.3) is 11.6 Å². The van der Waals surface area contributed by atoms with Crippen molar-refractivity contribution in [1.29, 1.82) is 0 Å². The highest BCUT2D eigenvalue weighted by molar-refractivity contribution is 6.33. The normalized spacial score (nSPS) is 19.0. The first-order valence-corrected chi connectivity index (χ1v) is 6.13. The lowest BCUT2D eigenvalue weighted by molar-refractivity contribution is -0.384. The first-order valence-electron chi connectivity index (χ1n) is 5.75. The van der Waals surface area contributed by atoms with Gasteiger partial charge in [0.1, 0.15) is 5.02 Å². The molecule has 0 saturated carbocycles. The predicted molar refractivity (Wildman–Crippen MR) is 67.8 cm³/mol. The zero-order valence-electron chi connectivity index (χ0n) is 9.93. The summed E-state index contributed by atoms with van der Waals surface area (Å²) >= 11 is 5.80. The van der Waals surface area contributed by atoms with Gasteiger partial charge in [-0.25, -0.2) is 0 Å². The zero-order valence-corrected chi connectivity index (χ0v) is 10.7. The Morgan fingerprint density at radius 3 is 2.78 bits per heavy atom. The molecule has 1 unspecified atom stereocenters. The quantitative estimate of drug-likeness (QED) is 0.612. The second-order valence-electron chi connectivity index (χ2n) is 4.41. The van der Waals surface area contributed by atoms with Gasteiger partial charge in [0.05, 0.1) is 4.92 Å². The maximum atomic E-state index is 12.2. The number of benzene rings is 1. The van der Waals surface area contributed by atoms with Crippen LogP contribution in [0, 0.1) is 10.1 Å². The summed E-state index contributed by atoms with van der Waals surface area (Å²) < 4.78 is 0. The van der Waals surface area contributed by atoms with E-state index in [2.05, 4.69) is 0 Å². The van der Waals surface area contributed by atoms with Crippen LogP contribution in [0.5, 0.6) is 0 Å². The number of hydrogen-bond acceptors (Lipinski definition) is 3. The zero-order chi connectivity index (χ0) is 13.3. The molecule has 1 saturated heterocycles. The molecule has 1 aromatic rings. The Hall–Kier alpha value is -1.62. The fraction of sp³-hybridized carbons (Fsp3) is 0.417. The maximum absolute atomic E-state index is 12.2. The van der Waals surface area contributed by atoms with Crippen LogP contribution >= 0.6 is 11.6 Å². The fourth-order valence-electron chi connectivity index (χ4n) is 2.19. The van der Waals surface area contributed by atoms with E-state index in [1.54, 1.807) is 4.90 Å². The topological polar surface area (TPSA) is 63.5 Å². The molecule has 0 spiro atoms. The van der Waals surface area contributed by atoms with Gasteiger partial charge >= 0.3 is 0 Å². The van der Waals surface area contributed by atoms with Gasteiger partial charge in [-0.3, -0.25) is 14.9 Å². The lowest BCUT2D eigenvalue weighted by Crippen LogP contribution is -2.33. The largest absolute Gasteiger partial charge is 0.336 e. The van der Waals surface area contributed by atoms with Gasteiger partial charge < -0.3 is 4.90 Å². The number of rotatable bonds is 2. The lowest BCUT2D eigenvalue weighted by atomic mass is 10.1. The van der Waals surface area contributed by atoms with Crippen LogP contribution in [0.15, 0.2) is 18.2 Å². The molecule has 1 heterocycles. The van der Waals surface area contributed by atoms with E-state index < -0.39 is 4.92 Å². The van der Waals surface area contributed by atoms with E-state index in [4.69, 9.17) is 11.6 Å². The summed E-state index contributed by atoms with van der Waals surface area (Å²) in [5, 5.41) is 10.6. The molecule has 1 amide bonds. The average Bonchev–Trinajstić information content (AvgIpc) is 2.74. The van der Waals surface area contributed by atoms with E-state index in [1.165, 1.54) is 18.2 Å². The molecule has 1 aliphatic rings. The monoisotopic (exact) mass is 268 g/mol. The molecule has 0 aromatic heterocycles. The van der Waals surface area contributed by atoms with Gasteiger partial charge in [0.2, 0.25) is 0 Å². The van der Waals surface area contributed by atoms with Crippen LogP contribution in [0.4, 0.5) is 5.69 Å². The molecule has 1 aliphatic heterocycles. The molecule has 6 heteroatoms. The van der Waals surface area contributed by atoms with Gasteiger partial charge in [-0.1, -0.05) is 11.6 Å². The van der Waals surface area contributed by atoms with Crippen molar-refractivity contribution < 1.29 is 9.72 Å². The summed E-state index contributed by atoms with van der Waals surface area (Å²) in [6.07, 6.45) is 1.99. The van der Waals surface area contributed by atoms with Gasteiger partial charge in [0.15, 0.2) is 0 Å². The summed E-state index contributed by atoms with van der Waals surface area (Å²) in [4.78, 5) is 24.0. The van der Waals surface area contributed by atoms with Gasteiger partial charge in [-0.05, 0) is 31.9 Å². The predicted octanol–water partition coefficient (Wildman–Crippen LogP) is 2.87. The number of halogens is 1. The summed E-state index contributed by atoms with van der Waals surface area (Å²) in [5.74, 6) is -0.114. The number of nitro groups is 1. The third kappa shape index (κ3) is 2.31. The molecule has 96 valence electrons. The van der Waals surface area contributed by atoms with E-state index >= 15 is 0 Å². The molecule has 0 bridgehead atoms. The second kappa shape index (κ2) is 4.94. The first-order chi connectivity index (χ1) is 8.50. The van der Waals surface area contributed by atoms with Crippen molar-refractivity contribution >= 4 is 23.2 Å². The third-order valence-corrected chi connectivity index (χ3v) is 3.51. The molecule has 2 rings (SSSR count). The van der Waals surface area contributed by atoms with Crippen molar-refractivity contribution in [3.8, 4) is 0 Å². The Kier molecular flexibility index (Phi) is 3.52. The Labute approximate surface area is 109 Å². The molecule has 5 nitrogen and oxygen atoms in total. The number of nitrogens with zero attached hydrogens (tertiary/aromatic N) is 2. The summed E-state index contributed by atoms with van der Waals surface area (Å²) in [6.45, 7) is 2.73. The molecule has 18 heavy (non-hydrogen) atoms. The Bertz CT molecular complexity index is 504. The maximum Gasteiger partial charge on any atom is 0.287 e. The van der Waals surface area contributed by atoms with Crippen LogP contribution in [0.1, 0.15) is 30.1 Å². The van der Waals surface area contributed by atoms with Gasteiger partial charge in [-0.15, -0.1) is 0 Å². The van der Waals surface area contributed by atoms with Crippen LogP contribution in [-0.4, -0.2) is 28.3 Å². The summed E-state index contributed by atoms with van der Waals surface area (Å²) in [7, 11) is 0. The van der Waals surface area contributed by atoms with Crippen LogP contribution in [0.25, 0.3) is 0 Å². The van der Waals surface area contributed by atoms with Crippen molar-refractivity contribution in [2.75, 3.05) is 6.54 Å². The van der Waals surface area contributed by atoms with Crippen molar-refractivity contribution in [1.82, 2.24) is 4.90 Å². The molecule has 1 fully saturated rings. The van der Waals surface area contributed by atoms with E-state index in [9.17, 15) is 14.9 Å².